The van der Waals surface area contributed by atoms with Gasteiger partial charge in [0.2, 0.25) is 11.8 Å². The van der Waals surface area contributed by atoms with E-state index >= 15 is 0 Å². The van der Waals surface area contributed by atoms with Crippen LogP contribution in [-0.2, 0) is 9.59 Å². The number of pyridine rings is 1. The fourth-order valence-corrected chi connectivity index (χ4v) is 2.32. The molecule has 1 aromatic heterocycles. The van der Waals surface area contributed by atoms with Gasteiger partial charge in [0.1, 0.15) is 0 Å². The third kappa shape index (κ3) is 3.18. The number of likely N-dealkylation sites (tertiary alicyclic amines) is 1. The van der Waals surface area contributed by atoms with E-state index in [9.17, 15) is 14.4 Å². The predicted octanol–water partition coefficient (Wildman–Crippen LogP) is 0.975. The first kappa shape index (κ1) is 15.0. The van der Waals surface area contributed by atoms with Gasteiger partial charge in [-0.1, -0.05) is 0 Å². The number of anilines is 1. The van der Waals surface area contributed by atoms with Gasteiger partial charge in [-0.2, -0.15) is 0 Å². The van der Waals surface area contributed by atoms with Crippen molar-refractivity contribution < 1.29 is 19.5 Å². The molecule has 0 bridgehead atoms. The van der Waals surface area contributed by atoms with E-state index in [-0.39, 0.29) is 35.7 Å². The number of carbonyl (C=O) groups is 3. The van der Waals surface area contributed by atoms with E-state index < -0.39 is 11.9 Å². The minimum atomic E-state index is -1.21. The minimum absolute atomic E-state index is 0.0447. The highest BCUT2D eigenvalue weighted by Crippen LogP contribution is 2.22. The first-order valence-corrected chi connectivity index (χ1v) is 6.68. The summed E-state index contributed by atoms with van der Waals surface area (Å²) in [6, 6.07) is 3.07. The van der Waals surface area contributed by atoms with Gasteiger partial charge in [-0.25, -0.2) is 9.78 Å². The normalized spacial score (nSPS) is 18.1. The average molecular weight is 291 g/mol. The zero-order chi connectivity index (χ0) is 15.6. The third-order valence-electron chi connectivity index (χ3n) is 3.42. The third-order valence-corrected chi connectivity index (χ3v) is 3.42. The molecule has 1 aromatic rings. The largest absolute Gasteiger partial charge is 0.476 e. The van der Waals surface area contributed by atoms with Crippen molar-refractivity contribution in [2.75, 3.05) is 11.9 Å². The molecule has 2 N–H and O–H groups in total. The number of rotatable bonds is 4. The van der Waals surface area contributed by atoms with E-state index in [1.54, 1.807) is 11.0 Å². The topological polar surface area (TPSA) is 99.6 Å². The van der Waals surface area contributed by atoms with E-state index in [1.165, 1.54) is 12.3 Å². The molecule has 1 saturated heterocycles. The lowest BCUT2D eigenvalue weighted by molar-refractivity contribution is -0.129. The Morgan fingerprint density at radius 2 is 2.19 bits per heavy atom. The number of carboxylic acid groups (broad SMARTS) is 1. The van der Waals surface area contributed by atoms with Crippen molar-refractivity contribution in [1.82, 2.24) is 9.88 Å². The number of carboxylic acids is 1. The Balaban J connectivity index is 2.10. The van der Waals surface area contributed by atoms with Gasteiger partial charge in [0.25, 0.3) is 0 Å². The maximum Gasteiger partial charge on any atom is 0.356 e. The van der Waals surface area contributed by atoms with Crippen molar-refractivity contribution in [3.8, 4) is 0 Å². The minimum Gasteiger partial charge on any atom is -0.476 e. The van der Waals surface area contributed by atoms with Crippen molar-refractivity contribution in [2.45, 2.75) is 26.3 Å². The van der Waals surface area contributed by atoms with Crippen LogP contribution in [0.25, 0.3) is 0 Å². The van der Waals surface area contributed by atoms with E-state index in [1.807, 2.05) is 13.8 Å². The zero-order valence-electron chi connectivity index (χ0n) is 11.9. The molecule has 1 aliphatic rings. The van der Waals surface area contributed by atoms with Crippen LogP contribution >= 0.6 is 0 Å². The van der Waals surface area contributed by atoms with Gasteiger partial charge in [0.05, 0.1) is 11.6 Å². The first-order chi connectivity index (χ1) is 9.90. The Morgan fingerprint density at radius 1 is 1.48 bits per heavy atom. The fourth-order valence-electron chi connectivity index (χ4n) is 2.32. The first-order valence-electron chi connectivity index (χ1n) is 6.68. The summed E-state index contributed by atoms with van der Waals surface area (Å²) in [6.45, 7) is 4.13. The van der Waals surface area contributed by atoms with E-state index in [2.05, 4.69) is 10.3 Å². The number of hydrogen-bond donors (Lipinski definition) is 2. The molecular formula is C14H17N3O4. The second kappa shape index (κ2) is 5.90. The molecular weight excluding hydrogens is 274 g/mol. The molecule has 1 aliphatic heterocycles. The van der Waals surface area contributed by atoms with E-state index in [0.717, 1.165) is 0 Å². The highest BCUT2D eigenvalue weighted by atomic mass is 16.4. The van der Waals surface area contributed by atoms with Crippen molar-refractivity contribution in [1.29, 1.82) is 0 Å². The van der Waals surface area contributed by atoms with Crippen LogP contribution < -0.4 is 5.32 Å². The standard InChI is InChI=1S/C14H17N3O4/c1-8(2)17-7-9(6-11(17)18)13(19)16-10-4-3-5-15-12(10)14(20)21/h3-5,8-9H,6-7H2,1-2H3,(H,16,19)(H,20,21). The maximum absolute atomic E-state index is 12.2. The monoisotopic (exact) mass is 291 g/mol. The van der Waals surface area contributed by atoms with Gasteiger partial charge in [0.15, 0.2) is 5.69 Å². The van der Waals surface area contributed by atoms with Crippen LogP contribution in [0.4, 0.5) is 5.69 Å². The van der Waals surface area contributed by atoms with Crippen LogP contribution in [0.5, 0.6) is 0 Å². The molecule has 1 fully saturated rings. The summed E-state index contributed by atoms with van der Waals surface area (Å²) in [5, 5.41) is 11.6. The molecule has 2 heterocycles. The zero-order valence-corrected chi connectivity index (χ0v) is 11.9. The number of hydrogen-bond acceptors (Lipinski definition) is 4. The van der Waals surface area contributed by atoms with E-state index in [4.69, 9.17) is 5.11 Å². The maximum atomic E-state index is 12.2. The Kier molecular flexibility index (Phi) is 4.21. The van der Waals surface area contributed by atoms with Crippen LogP contribution in [0.1, 0.15) is 30.8 Å². The molecule has 21 heavy (non-hydrogen) atoms. The lowest BCUT2D eigenvalue weighted by Gasteiger charge is -2.20. The second-order valence-electron chi connectivity index (χ2n) is 5.23. The van der Waals surface area contributed by atoms with Crippen LogP contribution in [-0.4, -0.2) is 45.4 Å². The number of amides is 2. The van der Waals surface area contributed by atoms with Gasteiger partial charge in [-0.15, -0.1) is 0 Å². The molecule has 1 atom stereocenters. The number of nitrogens with one attached hydrogen (secondary N) is 1. The molecule has 0 radical (unpaired) electrons. The second-order valence-corrected chi connectivity index (χ2v) is 5.23. The highest BCUT2D eigenvalue weighted by molar-refractivity contribution is 6.01. The van der Waals surface area contributed by atoms with Crippen molar-refractivity contribution in [2.24, 2.45) is 5.92 Å². The summed E-state index contributed by atoms with van der Waals surface area (Å²) in [5.74, 6) is -2.10. The molecule has 1 unspecified atom stereocenters. The van der Waals surface area contributed by atoms with E-state index in [0.29, 0.717) is 6.54 Å². The SMILES string of the molecule is CC(C)N1CC(C(=O)Nc2cccnc2C(=O)O)CC1=O. The van der Waals surface area contributed by atoms with Gasteiger partial charge in [0, 0.05) is 25.2 Å². The Hall–Kier alpha value is -2.44. The number of carbonyl (C=O) groups excluding carboxylic acids is 2. The molecule has 0 saturated carbocycles. The van der Waals surface area contributed by atoms with Crippen LogP contribution in [0.3, 0.4) is 0 Å². The summed E-state index contributed by atoms with van der Waals surface area (Å²) in [5.41, 5.74) is -0.0682. The van der Waals surface area contributed by atoms with Crippen LogP contribution in [0.15, 0.2) is 18.3 Å². The van der Waals surface area contributed by atoms with Crippen LogP contribution in [0.2, 0.25) is 0 Å². The Labute approximate surface area is 122 Å². The van der Waals surface area contributed by atoms with Gasteiger partial charge in [-0.3, -0.25) is 9.59 Å². The molecule has 0 aliphatic carbocycles. The van der Waals surface area contributed by atoms with Crippen molar-refractivity contribution in [3.05, 3.63) is 24.0 Å². The van der Waals surface area contributed by atoms with Gasteiger partial charge >= 0.3 is 5.97 Å². The quantitative estimate of drug-likeness (QED) is 0.861. The summed E-state index contributed by atoms with van der Waals surface area (Å²) in [7, 11) is 0. The molecule has 0 aromatic carbocycles. The molecule has 7 heteroatoms. The van der Waals surface area contributed by atoms with Crippen molar-refractivity contribution in [3.63, 3.8) is 0 Å². The summed E-state index contributed by atoms with van der Waals surface area (Å²) in [4.78, 5) is 40.4. The number of nitrogens with zero attached hydrogens (tertiary/aromatic N) is 2. The molecule has 2 amide bonds. The van der Waals surface area contributed by atoms with Crippen molar-refractivity contribution >= 4 is 23.5 Å². The molecule has 7 nitrogen and oxygen atoms in total. The number of aromatic nitrogens is 1. The van der Waals surface area contributed by atoms with Gasteiger partial charge < -0.3 is 15.3 Å². The smallest absolute Gasteiger partial charge is 0.356 e. The summed E-state index contributed by atoms with van der Waals surface area (Å²) in [6.07, 6.45) is 1.49. The summed E-state index contributed by atoms with van der Waals surface area (Å²) < 4.78 is 0. The average Bonchev–Trinajstić information content (AvgIpc) is 2.81. The number of aromatic carboxylic acids is 1. The van der Waals surface area contributed by atoms with Gasteiger partial charge in [-0.05, 0) is 26.0 Å². The predicted molar refractivity (Wildman–Crippen MR) is 74.8 cm³/mol. The summed E-state index contributed by atoms with van der Waals surface area (Å²) >= 11 is 0. The molecule has 112 valence electrons. The van der Waals surface area contributed by atoms with Crippen LogP contribution in [0, 0.1) is 5.92 Å². The lowest BCUT2D eigenvalue weighted by atomic mass is 10.1. The highest BCUT2D eigenvalue weighted by Gasteiger charge is 2.35. The lowest BCUT2D eigenvalue weighted by Crippen LogP contribution is -2.33. The molecule has 0 spiro atoms. The fraction of sp³-hybridized carbons (Fsp3) is 0.429. The Morgan fingerprint density at radius 3 is 2.76 bits per heavy atom. The molecule has 2 rings (SSSR count). The Bertz CT molecular complexity index is 585.